The Bertz CT molecular complexity index is 1230. The van der Waals surface area contributed by atoms with Gasteiger partial charge in [0.25, 0.3) is 0 Å². The lowest BCUT2D eigenvalue weighted by Crippen LogP contribution is -2.27. The summed E-state index contributed by atoms with van der Waals surface area (Å²) in [6.45, 7) is 3.71. The van der Waals surface area contributed by atoms with Gasteiger partial charge in [-0.05, 0) is 61.2 Å². The van der Waals surface area contributed by atoms with Gasteiger partial charge in [-0.3, -0.25) is 4.79 Å². The van der Waals surface area contributed by atoms with E-state index < -0.39 is 10.0 Å². The second-order valence-electron chi connectivity index (χ2n) is 8.30. The van der Waals surface area contributed by atoms with Gasteiger partial charge in [0.05, 0.1) is 25.2 Å². The molecule has 0 aromatic heterocycles. The highest BCUT2D eigenvalue weighted by Gasteiger charge is 2.18. The summed E-state index contributed by atoms with van der Waals surface area (Å²) >= 11 is 0. The molecule has 0 fully saturated rings. The van der Waals surface area contributed by atoms with E-state index in [-0.39, 0.29) is 29.3 Å². The molecule has 35 heavy (non-hydrogen) atoms. The highest BCUT2D eigenvalue weighted by Crippen LogP contribution is 2.30. The van der Waals surface area contributed by atoms with Gasteiger partial charge in [0.15, 0.2) is 11.5 Å². The fraction of sp³-hybridized carbons (Fsp3) is 0.296. The SMILES string of the molecule is COc1ccc([C@H](C)NC(=O)CCc2ccc(S(=O)(=O)N[C@@H](C)c3ccccc3)cc2)cc1OC. The van der Waals surface area contributed by atoms with Crippen LogP contribution in [0.2, 0.25) is 0 Å². The molecule has 3 rings (SSSR count). The van der Waals surface area contributed by atoms with Gasteiger partial charge in [0.1, 0.15) is 0 Å². The molecular weight excluding hydrogens is 464 g/mol. The smallest absolute Gasteiger partial charge is 0.241 e. The van der Waals surface area contributed by atoms with E-state index in [1.54, 1.807) is 38.5 Å². The Balaban J connectivity index is 1.54. The molecule has 186 valence electrons. The van der Waals surface area contributed by atoms with Crippen LogP contribution >= 0.6 is 0 Å². The molecule has 0 aliphatic rings. The van der Waals surface area contributed by atoms with Crippen molar-refractivity contribution in [1.82, 2.24) is 10.0 Å². The number of methoxy groups -OCH3 is 2. The lowest BCUT2D eigenvalue weighted by atomic mass is 10.1. The van der Waals surface area contributed by atoms with Crippen molar-refractivity contribution in [1.29, 1.82) is 0 Å². The number of hydrogen-bond acceptors (Lipinski definition) is 5. The summed E-state index contributed by atoms with van der Waals surface area (Å²) in [5.74, 6) is 1.14. The lowest BCUT2D eigenvalue weighted by molar-refractivity contribution is -0.121. The molecule has 7 nitrogen and oxygen atoms in total. The molecule has 0 unspecified atom stereocenters. The molecule has 8 heteroatoms. The first-order valence-corrected chi connectivity index (χ1v) is 12.9. The quantitative estimate of drug-likeness (QED) is 0.406. The molecule has 0 bridgehead atoms. The third-order valence-electron chi connectivity index (χ3n) is 5.79. The Kier molecular flexibility index (Phi) is 8.89. The van der Waals surface area contributed by atoms with Crippen molar-refractivity contribution in [2.75, 3.05) is 14.2 Å². The Hall–Kier alpha value is -3.36. The lowest BCUT2D eigenvalue weighted by Gasteiger charge is -2.17. The number of sulfonamides is 1. The summed E-state index contributed by atoms with van der Waals surface area (Å²) in [4.78, 5) is 12.7. The first-order chi connectivity index (χ1) is 16.7. The van der Waals surface area contributed by atoms with Crippen molar-refractivity contribution >= 4 is 15.9 Å². The zero-order valence-corrected chi connectivity index (χ0v) is 21.3. The second kappa shape index (κ2) is 11.9. The fourth-order valence-electron chi connectivity index (χ4n) is 3.72. The third-order valence-corrected chi connectivity index (χ3v) is 7.35. The summed E-state index contributed by atoms with van der Waals surface area (Å²) in [5, 5.41) is 2.99. The summed E-state index contributed by atoms with van der Waals surface area (Å²) in [5.41, 5.74) is 2.68. The third kappa shape index (κ3) is 7.07. The van der Waals surface area contributed by atoms with Crippen LogP contribution in [0.4, 0.5) is 0 Å². The van der Waals surface area contributed by atoms with Gasteiger partial charge in [-0.2, -0.15) is 0 Å². The topological polar surface area (TPSA) is 93.7 Å². The zero-order valence-electron chi connectivity index (χ0n) is 20.4. The summed E-state index contributed by atoms with van der Waals surface area (Å²) in [6.07, 6.45) is 0.783. The molecule has 0 spiro atoms. The van der Waals surface area contributed by atoms with Crippen LogP contribution in [0.1, 0.15) is 49.0 Å². The normalized spacial score (nSPS) is 13.0. The highest BCUT2D eigenvalue weighted by atomic mass is 32.2. The minimum absolute atomic E-state index is 0.0951. The van der Waals surface area contributed by atoms with Crippen molar-refractivity contribution in [3.05, 3.63) is 89.5 Å². The van der Waals surface area contributed by atoms with Crippen LogP contribution in [-0.4, -0.2) is 28.5 Å². The summed E-state index contributed by atoms with van der Waals surface area (Å²) in [7, 11) is -0.515. The molecule has 3 aromatic carbocycles. The Morgan fingerprint density at radius 3 is 2.11 bits per heavy atom. The standard InChI is InChI=1S/C27H32N2O5S/c1-19(23-13-16-25(33-3)26(18-23)34-4)28-27(30)17-12-21-10-14-24(15-11-21)35(31,32)29-20(2)22-8-6-5-7-9-22/h5-11,13-16,18-20,29H,12,17H2,1-4H3,(H,28,30)/t19-,20-/m0/s1. The molecule has 2 N–H and O–H groups in total. The number of nitrogens with one attached hydrogen (secondary N) is 2. The monoisotopic (exact) mass is 496 g/mol. The molecule has 0 aliphatic carbocycles. The Morgan fingerprint density at radius 2 is 1.49 bits per heavy atom. The molecular formula is C27H32N2O5S. The van der Waals surface area contributed by atoms with E-state index in [1.165, 1.54) is 0 Å². The summed E-state index contributed by atoms with van der Waals surface area (Å²) < 4.78 is 38.8. The fourth-order valence-corrected chi connectivity index (χ4v) is 4.95. The minimum atomic E-state index is -3.66. The number of rotatable bonds is 11. The molecule has 0 radical (unpaired) electrons. The van der Waals surface area contributed by atoms with Gasteiger partial charge in [-0.1, -0.05) is 48.5 Å². The maximum Gasteiger partial charge on any atom is 0.241 e. The largest absolute Gasteiger partial charge is 0.493 e. The molecule has 0 heterocycles. The Labute approximate surface area is 207 Å². The van der Waals surface area contributed by atoms with Crippen LogP contribution < -0.4 is 19.5 Å². The number of amides is 1. The van der Waals surface area contributed by atoms with Crippen LogP contribution in [-0.2, 0) is 21.2 Å². The molecule has 0 saturated heterocycles. The van der Waals surface area contributed by atoms with Gasteiger partial charge < -0.3 is 14.8 Å². The zero-order chi connectivity index (χ0) is 25.4. The predicted molar refractivity (Wildman–Crippen MR) is 136 cm³/mol. The second-order valence-corrected chi connectivity index (χ2v) is 10.0. The number of ether oxygens (including phenoxy) is 2. The van der Waals surface area contributed by atoms with Crippen molar-refractivity contribution in [2.24, 2.45) is 0 Å². The number of carbonyl (C=O) groups excluding carboxylic acids is 1. The van der Waals surface area contributed by atoms with Crippen molar-refractivity contribution in [3.8, 4) is 11.5 Å². The van der Waals surface area contributed by atoms with Crippen molar-refractivity contribution < 1.29 is 22.7 Å². The average Bonchev–Trinajstić information content (AvgIpc) is 2.87. The van der Waals surface area contributed by atoms with Crippen molar-refractivity contribution in [2.45, 2.75) is 43.7 Å². The number of aryl methyl sites for hydroxylation is 1. The van der Waals surface area contributed by atoms with E-state index in [1.807, 2.05) is 62.4 Å². The minimum Gasteiger partial charge on any atom is -0.493 e. The molecule has 1 amide bonds. The van der Waals surface area contributed by atoms with Gasteiger partial charge in [-0.25, -0.2) is 13.1 Å². The molecule has 3 aromatic rings. The van der Waals surface area contributed by atoms with Gasteiger partial charge in [0.2, 0.25) is 15.9 Å². The molecule has 0 aliphatic heterocycles. The number of hydrogen-bond donors (Lipinski definition) is 2. The van der Waals surface area contributed by atoms with Crippen LogP contribution in [0.15, 0.2) is 77.7 Å². The van der Waals surface area contributed by atoms with E-state index >= 15 is 0 Å². The van der Waals surface area contributed by atoms with Crippen LogP contribution in [0.5, 0.6) is 11.5 Å². The highest BCUT2D eigenvalue weighted by molar-refractivity contribution is 7.89. The van der Waals surface area contributed by atoms with Gasteiger partial charge in [0, 0.05) is 12.5 Å². The van der Waals surface area contributed by atoms with Gasteiger partial charge in [-0.15, -0.1) is 0 Å². The van der Waals surface area contributed by atoms with Crippen LogP contribution in [0.3, 0.4) is 0 Å². The number of benzene rings is 3. The first-order valence-electron chi connectivity index (χ1n) is 11.4. The maximum absolute atomic E-state index is 12.7. The van der Waals surface area contributed by atoms with Crippen molar-refractivity contribution in [3.63, 3.8) is 0 Å². The van der Waals surface area contributed by atoms with Gasteiger partial charge >= 0.3 is 0 Å². The molecule has 0 saturated carbocycles. The van der Waals surface area contributed by atoms with E-state index in [2.05, 4.69) is 10.0 Å². The van der Waals surface area contributed by atoms with E-state index in [4.69, 9.17) is 9.47 Å². The van der Waals surface area contributed by atoms with E-state index in [9.17, 15) is 13.2 Å². The molecule has 2 atom stereocenters. The van der Waals surface area contributed by atoms with Crippen LogP contribution in [0, 0.1) is 0 Å². The van der Waals surface area contributed by atoms with E-state index in [0.717, 1.165) is 16.7 Å². The first kappa shape index (κ1) is 26.2. The summed E-state index contributed by atoms with van der Waals surface area (Å²) in [6, 6.07) is 21.0. The Morgan fingerprint density at radius 1 is 0.829 bits per heavy atom. The van der Waals surface area contributed by atoms with E-state index in [0.29, 0.717) is 17.9 Å². The van der Waals surface area contributed by atoms with Crippen LogP contribution in [0.25, 0.3) is 0 Å². The average molecular weight is 497 g/mol. The number of carbonyl (C=O) groups is 1. The predicted octanol–water partition coefficient (Wildman–Crippen LogP) is 4.55. The maximum atomic E-state index is 12.7.